The second-order valence-electron chi connectivity index (χ2n) is 4.92. The largest absolute Gasteiger partial charge is 0.314 e. The summed E-state index contributed by atoms with van der Waals surface area (Å²) in [5, 5.41) is 1.11. The lowest BCUT2D eigenvalue weighted by molar-refractivity contribution is -0.396. The van der Waals surface area contributed by atoms with Crippen molar-refractivity contribution >= 4 is 38.7 Å². The molecular weight excluding hydrogens is 332 g/mol. The Hall–Kier alpha value is -1.26. The van der Waals surface area contributed by atoms with E-state index in [1.807, 2.05) is 0 Å². The predicted octanol–water partition coefficient (Wildman–Crippen LogP) is 4.65. The normalized spacial score (nSPS) is 11.2. The van der Waals surface area contributed by atoms with Gasteiger partial charge in [0.15, 0.2) is 11.0 Å². The third-order valence-electron chi connectivity index (χ3n) is 3.52. The van der Waals surface area contributed by atoms with Gasteiger partial charge in [-0.3, -0.25) is 0 Å². The van der Waals surface area contributed by atoms with E-state index in [0.717, 1.165) is 15.4 Å². The lowest BCUT2D eigenvalue weighted by Gasteiger charge is -1.97. The number of benzene rings is 2. The summed E-state index contributed by atoms with van der Waals surface area (Å²) < 4.78 is 1.12. The summed E-state index contributed by atoms with van der Waals surface area (Å²) >= 11 is 5.25. The number of imidazole rings is 1. The molecule has 0 atom stereocenters. The van der Waals surface area contributed by atoms with Gasteiger partial charge in [-0.1, -0.05) is 34.1 Å². The van der Waals surface area contributed by atoms with Crippen molar-refractivity contribution in [2.45, 2.75) is 24.8 Å². The standard InChI is InChI=1S/C16H15BrN2S/c1-10-3-8-14-15(11(10)2)19-16(18-14)20-9-12-4-6-13(17)7-5-12/h3-8H,9H2,1-2H3,(H,18,19)/p+1. The monoisotopic (exact) mass is 347 g/mol. The molecule has 0 aliphatic carbocycles. The number of rotatable bonds is 3. The molecule has 2 N–H and O–H groups in total. The molecule has 3 rings (SSSR count). The second kappa shape index (κ2) is 5.62. The Morgan fingerprint density at radius 3 is 2.60 bits per heavy atom. The summed E-state index contributed by atoms with van der Waals surface area (Å²) in [6, 6.07) is 12.8. The summed E-state index contributed by atoms with van der Waals surface area (Å²) in [4.78, 5) is 6.93. The topological polar surface area (TPSA) is 29.9 Å². The van der Waals surface area contributed by atoms with E-state index in [0.29, 0.717) is 0 Å². The highest BCUT2D eigenvalue weighted by Gasteiger charge is 2.13. The van der Waals surface area contributed by atoms with E-state index >= 15 is 0 Å². The van der Waals surface area contributed by atoms with Gasteiger partial charge in [-0.05, 0) is 54.9 Å². The predicted molar refractivity (Wildman–Crippen MR) is 88.0 cm³/mol. The zero-order valence-corrected chi connectivity index (χ0v) is 13.9. The van der Waals surface area contributed by atoms with Crippen LogP contribution in [0.25, 0.3) is 11.0 Å². The molecule has 0 amide bonds. The molecule has 1 aromatic heterocycles. The number of thioether (sulfide) groups is 1. The summed E-state index contributed by atoms with van der Waals surface area (Å²) in [5.74, 6) is 0.953. The van der Waals surface area contributed by atoms with Gasteiger partial charge in [0.2, 0.25) is 0 Å². The number of aromatic amines is 2. The zero-order valence-electron chi connectivity index (χ0n) is 11.5. The maximum atomic E-state index is 3.48. The fraction of sp³-hybridized carbons (Fsp3) is 0.188. The van der Waals surface area contributed by atoms with Gasteiger partial charge in [0.1, 0.15) is 0 Å². The Kier molecular flexibility index (Phi) is 3.85. The SMILES string of the molecule is Cc1ccc2[nH]c(SCc3ccc(Br)cc3)[nH+]c2c1C. The van der Waals surface area contributed by atoms with E-state index in [9.17, 15) is 0 Å². The van der Waals surface area contributed by atoms with E-state index in [2.05, 4.69) is 76.1 Å². The maximum absolute atomic E-state index is 3.48. The van der Waals surface area contributed by atoms with E-state index in [1.54, 1.807) is 11.8 Å². The van der Waals surface area contributed by atoms with E-state index in [1.165, 1.54) is 27.7 Å². The number of aromatic nitrogens is 2. The lowest BCUT2D eigenvalue weighted by Crippen LogP contribution is -2.03. The van der Waals surface area contributed by atoms with Crippen LogP contribution in [0.4, 0.5) is 0 Å². The zero-order chi connectivity index (χ0) is 14.1. The van der Waals surface area contributed by atoms with Gasteiger partial charge in [0.05, 0.1) is 0 Å². The Morgan fingerprint density at radius 1 is 1.10 bits per heavy atom. The molecule has 0 bridgehead atoms. The number of aryl methyl sites for hydroxylation is 2. The smallest absolute Gasteiger partial charge is 0.231 e. The molecule has 1 heterocycles. The van der Waals surface area contributed by atoms with Crippen LogP contribution >= 0.6 is 27.7 Å². The molecule has 2 aromatic carbocycles. The maximum Gasteiger partial charge on any atom is 0.314 e. The molecule has 0 aliphatic heterocycles. The van der Waals surface area contributed by atoms with Crippen LogP contribution in [0.1, 0.15) is 16.7 Å². The third-order valence-corrected chi connectivity index (χ3v) is 5.02. The van der Waals surface area contributed by atoms with Gasteiger partial charge in [-0.2, -0.15) is 0 Å². The molecule has 102 valence electrons. The van der Waals surface area contributed by atoms with Crippen LogP contribution in [-0.4, -0.2) is 4.98 Å². The van der Waals surface area contributed by atoms with Crippen LogP contribution in [0, 0.1) is 13.8 Å². The number of nitrogens with one attached hydrogen (secondary N) is 2. The van der Waals surface area contributed by atoms with Crippen molar-refractivity contribution in [2.75, 3.05) is 0 Å². The highest BCUT2D eigenvalue weighted by molar-refractivity contribution is 9.10. The molecule has 3 aromatic rings. The van der Waals surface area contributed by atoms with Crippen molar-refractivity contribution < 1.29 is 4.98 Å². The van der Waals surface area contributed by atoms with Crippen molar-refractivity contribution in [2.24, 2.45) is 0 Å². The van der Waals surface area contributed by atoms with Crippen LogP contribution in [0.15, 0.2) is 46.0 Å². The molecule has 0 saturated heterocycles. The Balaban J connectivity index is 1.81. The first kappa shape index (κ1) is 13.7. The van der Waals surface area contributed by atoms with Gasteiger partial charge < -0.3 is 0 Å². The molecule has 0 radical (unpaired) electrons. The number of hydrogen-bond acceptors (Lipinski definition) is 1. The number of fused-ring (bicyclic) bond motifs is 1. The molecule has 20 heavy (non-hydrogen) atoms. The van der Waals surface area contributed by atoms with E-state index in [4.69, 9.17) is 0 Å². The van der Waals surface area contributed by atoms with Crippen LogP contribution in [0.5, 0.6) is 0 Å². The summed E-state index contributed by atoms with van der Waals surface area (Å²) in [6.07, 6.45) is 0. The molecule has 2 nitrogen and oxygen atoms in total. The highest BCUT2D eigenvalue weighted by atomic mass is 79.9. The van der Waals surface area contributed by atoms with Crippen molar-refractivity contribution in [3.8, 4) is 0 Å². The molecule has 0 spiro atoms. The third kappa shape index (κ3) is 2.76. The number of H-pyrrole nitrogens is 2. The first-order chi connectivity index (χ1) is 9.63. The lowest BCUT2D eigenvalue weighted by atomic mass is 10.1. The van der Waals surface area contributed by atoms with E-state index < -0.39 is 0 Å². The van der Waals surface area contributed by atoms with Crippen LogP contribution in [0.3, 0.4) is 0 Å². The first-order valence-electron chi connectivity index (χ1n) is 6.52. The Labute approximate surface area is 131 Å². The fourth-order valence-corrected chi connectivity index (χ4v) is 3.28. The average Bonchev–Trinajstić information content (AvgIpc) is 2.86. The molecular formula is C16H16BrN2S+. The number of hydrogen-bond donors (Lipinski definition) is 1. The van der Waals surface area contributed by atoms with Crippen LogP contribution in [0.2, 0.25) is 0 Å². The molecule has 0 unspecified atom stereocenters. The van der Waals surface area contributed by atoms with Crippen molar-refractivity contribution in [3.63, 3.8) is 0 Å². The quantitative estimate of drug-likeness (QED) is 0.686. The van der Waals surface area contributed by atoms with Crippen LogP contribution < -0.4 is 4.98 Å². The van der Waals surface area contributed by atoms with Gasteiger partial charge in [0, 0.05) is 15.8 Å². The molecule has 0 aliphatic rings. The van der Waals surface area contributed by atoms with Gasteiger partial charge in [-0.15, -0.1) is 0 Å². The van der Waals surface area contributed by atoms with Gasteiger partial charge in [-0.25, -0.2) is 9.97 Å². The van der Waals surface area contributed by atoms with Crippen molar-refractivity contribution in [1.29, 1.82) is 0 Å². The Morgan fingerprint density at radius 2 is 1.85 bits per heavy atom. The van der Waals surface area contributed by atoms with E-state index in [-0.39, 0.29) is 0 Å². The highest BCUT2D eigenvalue weighted by Crippen LogP contribution is 2.23. The van der Waals surface area contributed by atoms with Crippen LogP contribution in [-0.2, 0) is 5.75 Å². The number of halogens is 1. The minimum atomic E-state index is 0.953. The summed E-state index contributed by atoms with van der Waals surface area (Å²) in [5.41, 5.74) is 6.33. The first-order valence-corrected chi connectivity index (χ1v) is 8.30. The van der Waals surface area contributed by atoms with Gasteiger partial charge >= 0.3 is 5.16 Å². The fourth-order valence-electron chi connectivity index (χ4n) is 2.16. The molecule has 0 saturated carbocycles. The molecule has 0 fully saturated rings. The summed E-state index contributed by atoms with van der Waals surface area (Å²) in [7, 11) is 0. The average molecular weight is 348 g/mol. The molecule has 4 heteroatoms. The minimum Gasteiger partial charge on any atom is -0.231 e. The van der Waals surface area contributed by atoms with Gasteiger partial charge in [0.25, 0.3) is 0 Å². The Bertz CT molecular complexity index is 747. The minimum absolute atomic E-state index is 0.953. The second-order valence-corrected chi connectivity index (χ2v) is 6.83. The summed E-state index contributed by atoms with van der Waals surface area (Å²) in [6.45, 7) is 4.30. The van der Waals surface area contributed by atoms with Crippen molar-refractivity contribution in [3.05, 3.63) is 57.6 Å². The van der Waals surface area contributed by atoms with Crippen molar-refractivity contribution in [1.82, 2.24) is 4.98 Å².